The van der Waals surface area contributed by atoms with Crippen LogP contribution in [0.2, 0.25) is 0 Å². The minimum atomic E-state index is -0.955. The molecule has 0 fully saturated rings. The van der Waals surface area contributed by atoms with E-state index in [4.69, 9.17) is 10.8 Å². The third-order valence-corrected chi connectivity index (χ3v) is 2.36. The van der Waals surface area contributed by atoms with Crippen LogP contribution in [0.1, 0.15) is 25.1 Å². The van der Waals surface area contributed by atoms with Gasteiger partial charge in [0.05, 0.1) is 6.04 Å². The zero-order valence-corrected chi connectivity index (χ0v) is 9.93. The summed E-state index contributed by atoms with van der Waals surface area (Å²) in [6.45, 7) is 0.473. The Kier molecular flexibility index (Phi) is 5.78. The highest BCUT2D eigenvalue weighted by Crippen LogP contribution is 1.96. The Labute approximate surface area is 104 Å². The van der Waals surface area contributed by atoms with Crippen molar-refractivity contribution in [3.63, 3.8) is 0 Å². The average molecular weight is 255 g/mol. The standard InChI is InChI=1S/C10H17N5O3/c11-7(3-4-9(16)17)10(18)12-5-1-2-8-13-6-14-15-8/h6-7H,1-5,11H2,(H,12,18)(H,16,17)(H,13,14,15). The number of aliphatic carboxylic acids is 1. The Morgan fingerprint density at radius 2 is 2.33 bits per heavy atom. The summed E-state index contributed by atoms with van der Waals surface area (Å²) in [4.78, 5) is 25.7. The molecule has 1 aromatic rings. The van der Waals surface area contributed by atoms with Crippen LogP contribution in [0.15, 0.2) is 6.33 Å². The van der Waals surface area contributed by atoms with Gasteiger partial charge in [-0.05, 0) is 12.8 Å². The van der Waals surface area contributed by atoms with Crippen molar-refractivity contribution >= 4 is 11.9 Å². The van der Waals surface area contributed by atoms with Gasteiger partial charge in [-0.15, -0.1) is 0 Å². The van der Waals surface area contributed by atoms with Crippen molar-refractivity contribution in [3.05, 3.63) is 12.2 Å². The van der Waals surface area contributed by atoms with Gasteiger partial charge in [0.1, 0.15) is 12.2 Å². The number of nitrogens with one attached hydrogen (secondary N) is 2. The first-order chi connectivity index (χ1) is 8.59. The molecule has 1 unspecified atom stereocenters. The normalized spacial score (nSPS) is 12.1. The fraction of sp³-hybridized carbons (Fsp3) is 0.600. The molecule has 8 nitrogen and oxygen atoms in total. The lowest BCUT2D eigenvalue weighted by molar-refractivity contribution is -0.137. The van der Waals surface area contributed by atoms with Gasteiger partial charge in [0, 0.05) is 19.4 Å². The van der Waals surface area contributed by atoms with Gasteiger partial charge in [-0.25, -0.2) is 4.98 Å². The van der Waals surface area contributed by atoms with Crippen LogP contribution >= 0.6 is 0 Å². The van der Waals surface area contributed by atoms with E-state index in [0.717, 1.165) is 5.82 Å². The lowest BCUT2D eigenvalue weighted by atomic mass is 10.1. The maximum absolute atomic E-state index is 11.5. The Bertz CT molecular complexity index is 379. The lowest BCUT2D eigenvalue weighted by Crippen LogP contribution is -2.41. The van der Waals surface area contributed by atoms with Gasteiger partial charge in [-0.2, -0.15) is 5.10 Å². The van der Waals surface area contributed by atoms with Crippen molar-refractivity contribution in [1.29, 1.82) is 0 Å². The molecule has 0 saturated heterocycles. The van der Waals surface area contributed by atoms with Gasteiger partial charge >= 0.3 is 5.97 Å². The summed E-state index contributed by atoms with van der Waals surface area (Å²) in [5.74, 6) is -0.517. The van der Waals surface area contributed by atoms with E-state index in [2.05, 4.69) is 20.5 Å². The Hall–Kier alpha value is -1.96. The Balaban J connectivity index is 2.10. The van der Waals surface area contributed by atoms with Gasteiger partial charge in [-0.3, -0.25) is 14.7 Å². The van der Waals surface area contributed by atoms with Crippen LogP contribution in [0.5, 0.6) is 0 Å². The van der Waals surface area contributed by atoms with Gasteiger partial charge in [0.2, 0.25) is 5.91 Å². The van der Waals surface area contributed by atoms with E-state index in [1.54, 1.807) is 0 Å². The highest BCUT2D eigenvalue weighted by Gasteiger charge is 2.13. The molecule has 0 radical (unpaired) electrons. The van der Waals surface area contributed by atoms with Gasteiger partial charge in [0.25, 0.3) is 0 Å². The quantitative estimate of drug-likeness (QED) is 0.442. The smallest absolute Gasteiger partial charge is 0.303 e. The summed E-state index contributed by atoms with van der Waals surface area (Å²) in [6, 6.07) is -0.772. The predicted molar refractivity (Wildman–Crippen MR) is 62.6 cm³/mol. The molecule has 0 saturated carbocycles. The zero-order valence-electron chi connectivity index (χ0n) is 9.93. The van der Waals surface area contributed by atoms with Crippen molar-refractivity contribution in [2.75, 3.05) is 6.54 Å². The molecule has 0 aromatic carbocycles. The van der Waals surface area contributed by atoms with Crippen molar-refractivity contribution in [2.24, 2.45) is 5.73 Å². The summed E-state index contributed by atoms with van der Waals surface area (Å²) in [5.41, 5.74) is 5.54. The van der Waals surface area contributed by atoms with E-state index in [0.29, 0.717) is 19.4 Å². The number of amides is 1. The number of H-pyrrole nitrogens is 1. The second kappa shape index (κ2) is 7.38. The zero-order chi connectivity index (χ0) is 13.4. The average Bonchev–Trinajstić information content (AvgIpc) is 2.84. The van der Waals surface area contributed by atoms with Crippen molar-refractivity contribution < 1.29 is 14.7 Å². The molecule has 0 spiro atoms. The van der Waals surface area contributed by atoms with E-state index in [9.17, 15) is 9.59 Å². The van der Waals surface area contributed by atoms with E-state index in [1.807, 2.05) is 0 Å². The summed E-state index contributed by atoms with van der Waals surface area (Å²) >= 11 is 0. The molecule has 100 valence electrons. The van der Waals surface area contributed by atoms with E-state index in [1.165, 1.54) is 6.33 Å². The molecule has 0 aliphatic rings. The van der Waals surface area contributed by atoms with Gasteiger partial charge in [-0.1, -0.05) is 0 Å². The number of aromatic nitrogens is 3. The minimum Gasteiger partial charge on any atom is -0.481 e. The van der Waals surface area contributed by atoms with Gasteiger partial charge < -0.3 is 16.2 Å². The summed E-state index contributed by atoms with van der Waals surface area (Å²) in [6.07, 6.45) is 2.86. The molecule has 0 aliphatic heterocycles. The van der Waals surface area contributed by atoms with Crippen LogP contribution in [0.4, 0.5) is 0 Å². The largest absolute Gasteiger partial charge is 0.481 e. The van der Waals surface area contributed by atoms with Crippen LogP contribution in [0, 0.1) is 0 Å². The molecule has 5 N–H and O–H groups in total. The molecule has 1 atom stereocenters. The lowest BCUT2D eigenvalue weighted by Gasteiger charge is -2.10. The maximum atomic E-state index is 11.5. The molecule has 1 amide bonds. The molecule has 1 aromatic heterocycles. The fourth-order valence-corrected chi connectivity index (χ4v) is 1.36. The molecule has 18 heavy (non-hydrogen) atoms. The van der Waals surface area contributed by atoms with Crippen LogP contribution in [-0.4, -0.2) is 44.8 Å². The monoisotopic (exact) mass is 255 g/mol. The molecular formula is C10H17N5O3. The first-order valence-corrected chi connectivity index (χ1v) is 5.69. The van der Waals surface area contributed by atoms with Crippen LogP contribution in [-0.2, 0) is 16.0 Å². The van der Waals surface area contributed by atoms with Crippen LogP contribution in [0.25, 0.3) is 0 Å². The maximum Gasteiger partial charge on any atom is 0.303 e. The number of nitrogens with zero attached hydrogens (tertiary/aromatic N) is 2. The molecule has 0 bridgehead atoms. The number of carboxylic acids is 1. The summed E-state index contributed by atoms with van der Waals surface area (Å²) in [5, 5.41) is 17.5. The van der Waals surface area contributed by atoms with Crippen LogP contribution < -0.4 is 11.1 Å². The van der Waals surface area contributed by atoms with Gasteiger partial charge in [0.15, 0.2) is 0 Å². The summed E-state index contributed by atoms with van der Waals surface area (Å²) in [7, 11) is 0. The highest BCUT2D eigenvalue weighted by molar-refractivity contribution is 5.82. The first kappa shape index (κ1) is 14.1. The third-order valence-electron chi connectivity index (χ3n) is 2.36. The Morgan fingerprint density at radius 1 is 1.56 bits per heavy atom. The molecular weight excluding hydrogens is 238 g/mol. The third kappa shape index (κ3) is 5.39. The van der Waals surface area contributed by atoms with Crippen LogP contribution in [0.3, 0.4) is 0 Å². The number of hydrogen-bond acceptors (Lipinski definition) is 5. The topological polar surface area (TPSA) is 134 Å². The predicted octanol–water partition coefficient (Wildman–Crippen LogP) is -0.954. The Morgan fingerprint density at radius 3 is 2.94 bits per heavy atom. The molecule has 8 heteroatoms. The van der Waals surface area contributed by atoms with E-state index < -0.39 is 12.0 Å². The first-order valence-electron chi connectivity index (χ1n) is 5.69. The number of carbonyl (C=O) groups excluding carboxylic acids is 1. The van der Waals surface area contributed by atoms with Crippen molar-refractivity contribution in [1.82, 2.24) is 20.5 Å². The minimum absolute atomic E-state index is 0.105. The van der Waals surface area contributed by atoms with E-state index >= 15 is 0 Å². The van der Waals surface area contributed by atoms with Crippen molar-refractivity contribution in [2.45, 2.75) is 31.7 Å². The number of nitrogens with two attached hydrogens (primary N) is 1. The number of carbonyl (C=O) groups is 2. The number of carboxylic acid groups (broad SMARTS) is 1. The highest BCUT2D eigenvalue weighted by atomic mass is 16.4. The number of hydrogen-bond donors (Lipinski definition) is 4. The fourth-order valence-electron chi connectivity index (χ4n) is 1.36. The summed E-state index contributed by atoms with van der Waals surface area (Å²) < 4.78 is 0. The number of aryl methyl sites for hydroxylation is 1. The molecule has 1 rings (SSSR count). The number of aromatic amines is 1. The van der Waals surface area contributed by atoms with E-state index in [-0.39, 0.29) is 18.7 Å². The molecule has 1 heterocycles. The second-order valence-electron chi connectivity index (χ2n) is 3.87. The second-order valence-corrected chi connectivity index (χ2v) is 3.87. The SMILES string of the molecule is NC(CCC(=O)O)C(=O)NCCCc1ncn[nH]1. The number of rotatable bonds is 8. The van der Waals surface area contributed by atoms with Crippen molar-refractivity contribution in [3.8, 4) is 0 Å². The molecule has 0 aliphatic carbocycles.